The van der Waals surface area contributed by atoms with Gasteiger partial charge in [-0.3, -0.25) is 9.79 Å². The first-order valence-corrected chi connectivity index (χ1v) is 2.29. The fourth-order valence-corrected chi connectivity index (χ4v) is 0.509. The standard InChI is InChI=1S/C5H6N2O/c6-4-1-5(8)3-7-2-4/h2-3H,1,6H2. The number of hydrogen-bond acceptors (Lipinski definition) is 3. The molecule has 0 bridgehead atoms. The van der Waals surface area contributed by atoms with Gasteiger partial charge in [0.25, 0.3) is 0 Å². The summed E-state index contributed by atoms with van der Waals surface area (Å²) in [7, 11) is 0. The summed E-state index contributed by atoms with van der Waals surface area (Å²) in [6.07, 6.45) is 3.08. The fraction of sp³-hybridized carbons (Fsp3) is 0.200. The molecule has 0 aromatic heterocycles. The summed E-state index contributed by atoms with van der Waals surface area (Å²) in [5, 5.41) is 0. The van der Waals surface area contributed by atoms with Gasteiger partial charge in [-0.2, -0.15) is 0 Å². The molecule has 0 unspecified atom stereocenters. The van der Waals surface area contributed by atoms with Gasteiger partial charge in [-0.05, 0) is 0 Å². The van der Waals surface area contributed by atoms with Crippen molar-refractivity contribution in [2.45, 2.75) is 6.42 Å². The van der Waals surface area contributed by atoms with Crippen LogP contribution in [0.4, 0.5) is 0 Å². The van der Waals surface area contributed by atoms with Gasteiger partial charge in [-0.1, -0.05) is 0 Å². The van der Waals surface area contributed by atoms with E-state index in [1.807, 2.05) is 0 Å². The number of aliphatic imine (C=N–C) groups is 1. The predicted octanol–water partition coefficient (Wildman–Crippen LogP) is -0.170. The van der Waals surface area contributed by atoms with Crippen molar-refractivity contribution in [3.05, 3.63) is 11.9 Å². The first-order valence-electron chi connectivity index (χ1n) is 2.29. The van der Waals surface area contributed by atoms with Crippen LogP contribution in [-0.2, 0) is 4.79 Å². The van der Waals surface area contributed by atoms with Gasteiger partial charge >= 0.3 is 0 Å². The second kappa shape index (κ2) is 1.78. The molecule has 0 aromatic rings. The van der Waals surface area contributed by atoms with Crippen LogP contribution in [0.5, 0.6) is 0 Å². The number of carbonyl (C=O) groups is 1. The average molecular weight is 110 g/mol. The maximum Gasteiger partial charge on any atom is 0.179 e. The monoisotopic (exact) mass is 110 g/mol. The van der Waals surface area contributed by atoms with Crippen molar-refractivity contribution in [1.82, 2.24) is 0 Å². The van der Waals surface area contributed by atoms with Gasteiger partial charge in [0, 0.05) is 11.9 Å². The van der Waals surface area contributed by atoms with Gasteiger partial charge in [0.2, 0.25) is 0 Å². The SMILES string of the molecule is NC1=CN=CC(=O)C1. The van der Waals surface area contributed by atoms with E-state index in [-0.39, 0.29) is 5.78 Å². The topological polar surface area (TPSA) is 55.4 Å². The summed E-state index contributed by atoms with van der Waals surface area (Å²) in [4.78, 5) is 14.0. The largest absolute Gasteiger partial charge is 0.400 e. The van der Waals surface area contributed by atoms with Crippen molar-refractivity contribution in [2.75, 3.05) is 0 Å². The maximum absolute atomic E-state index is 10.4. The Morgan fingerprint density at radius 1 is 1.75 bits per heavy atom. The summed E-state index contributed by atoms with van der Waals surface area (Å²) < 4.78 is 0. The second-order valence-corrected chi connectivity index (χ2v) is 1.63. The third kappa shape index (κ3) is 0.932. The number of nitrogens with two attached hydrogens (primary N) is 1. The normalized spacial score (nSPS) is 18.5. The molecular formula is C5H6N2O. The Morgan fingerprint density at radius 2 is 2.50 bits per heavy atom. The van der Waals surface area contributed by atoms with Crippen LogP contribution in [0.2, 0.25) is 0 Å². The average Bonchev–Trinajstić information content (AvgIpc) is 1.64. The Kier molecular flexibility index (Phi) is 1.12. The Morgan fingerprint density at radius 3 is 2.88 bits per heavy atom. The summed E-state index contributed by atoms with van der Waals surface area (Å²) in [5.41, 5.74) is 5.79. The lowest BCUT2D eigenvalue weighted by Crippen LogP contribution is -2.09. The van der Waals surface area contributed by atoms with Crippen molar-refractivity contribution < 1.29 is 4.79 Å². The van der Waals surface area contributed by atoms with Crippen LogP contribution in [-0.4, -0.2) is 12.0 Å². The zero-order chi connectivity index (χ0) is 5.98. The van der Waals surface area contributed by atoms with E-state index in [0.29, 0.717) is 12.1 Å². The molecule has 0 atom stereocenters. The molecular weight excluding hydrogens is 104 g/mol. The maximum atomic E-state index is 10.4. The Hall–Kier alpha value is -1.12. The molecule has 0 aliphatic carbocycles. The Bertz CT molecular complexity index is 169. The molecule has 0 fully saturated rings. The summed E-state index contributed by atoms with van der Waals surface area (Å²) >= 11 is 0. The first kappa shape index (κ1) is 5.03. The van der Waals surface area contributed by atoms with E-state index in [0.717, 1.165) is 0 Å². The number of rotatable bonds is 0. The van der Waals surface area contributed by atoms with E-state index in [1.165, 1.54) is 12.4 Å². The quantitative estimate of drug-likeness (QED) is 0.470. The third-order valence-electron chi connectivity index (χ3n) is 0.837. The van der Waals surface area contributed by atoms with Crippen LogP contribution in [0, 0.1) is 0 Å². The molecule has 0 amide bonds. The summed E-state index contributed by atoms with van der Waals surface area (Å²) in [5.74, 6) is -0.0231. The minimum Gasteiger partial charge on any atom is -0.400 e. The summed E-state index contributed by atoms with van der Waals surface area (Å²) in [6.45, 7) is 0. The van der Waals surface area contributed by atoms with Crippen molar-refractivity contribution in [2.24, 2.45) is 10.7 Å². The van der Waals surface area contributed by atoms with Crippen LogP contribution in [0.1, 0.15) is 6.42 Å². The lowest BCUT2D eigenvalue weighted by atomic mass is 10.2. The number of nitrogens with zero attached hydrogens (tertiary/aromatic N) is 1. The number of Topliss-reactive ketones (excluding diaryl/α,β-unsaturated/α-hetero) is 1. The lowest BCUT2D eigenvalue weighted by molar-refractivity contribution is -0.112. The molecule has 0 saturated heterocycles. The zero-order valence-electron chi connectivity index (χ0n) is 4.29. The highest BCUT2D eigenvalue weighted by molar-refractivity contribution is 6.28. The molecule has 2 N–H and O–H groups in total. The van der Waals surface area contributed by atoms with E-state index in [1.54, 1.807) is 0 Å². The second-order valence-electron chi connectivity index (χ2n) is 1.63. The molecule has 0 spiro atoms. The highest BCUT2D eigenvalue weighted by Crippen LogP contribution is 1.97. The highest BCUT2D eigenvalue weighted by Gasteiger charge is 2.02. The van der Waals surface area contributed by atoms with Crippen molar-refractivity contribution >= 4 is 12.0 Å². The van der Waals surface area contributed by atoms with Crippen molar-refractivity contribution in [3.8, 4) is 0 Å². The van der Waals surface area contributed by atoms with E-state index < -0.39 is 0 Å². The summed E-state index contributed by atoms with van der Waals surface area (Å²) in [6, 6.07) is 0. The molecule has 0 aromatic carbocycles. The van der Waals surface area contributed by atoms with Gasteiger partial charge in [-0.15, -0.1) is 0 Å². The third-order valence-corrected chi connectivity index (χ3v) is 0.837. The Labute approximate surface area is 46.9 Å². The van der Waals surface area contributed by atoms with Crippen LogP contribution in [0.3, 0.4) is 0 Å². The molecule has 1 aliphatic rings. The lowest BCUT2D eigenvalue weighted by Gasteiger charge is -1.97. The van der Waals surface area contributed by atoms with Crippen molar-refractivity contribution in [1.29, 1.82) is 0 Å². The minimum absolute atomic E-state index is 0.0231. The number of hydrogen-bond donors (Lipinski definition) is 1. The smallest absolute Gasteiger partial charge is 0.179 e. The number of carbonyl (C=O) groups excluding carboxylic acids is 1. The minimum atomic E-state index is -0.0231. The molecule has 1 aliphatic heterocycles. The molecule has 3 nitrogen and oxygen atoms in total. The van der Waals surface area contributed by atoms with Gasteiger partial charge in [0.1, 0.15) is 0 Å². The van der Waals surface area contributed by atoms with Gasteiger partial charge in [-0.25, -0.2) is 0 Å². The van der Waals surface area contributed by atoms with Gasteiger partial charge in [0.15, 0.2) is 5.78 Å². The van der Waals surface area contributed by atoms with E-state index in [4.69, 9.17) is 5.73 Å². The Balaban J connectivity index is 2.73. The molecule has 0 saturated carbocycles. The van der Waals surface area contributed by atoms with Crippen molar-refractivity contribution in [3.63, 3.8) is 0 Å². The molecule has 1 rings (SSSR count). The van der Waals surface area contributed by atoms with Gasteiger partial charge < -0.3 is 5.73 Å². The zero-order valence-corrected chi connectivity index (χ0v) is 4.29. The number of ketones is 1. The molecule has 3 heteroatoms. The highest BCUT2D eigenvalue weighted by atomic mass is 16.1. The van der Waals surface area contributed by atoms with Crippen LogP contribution in [0.15, 0.2) is 16.9 Å². The van der Waals surface area contributed by atoms with Crippen LogP contribution >= 0.6 is 0 Å². The number of allylic oxidation sites excluding steroid dienone is 1. The van der Waals surface area contributed by atoms with Crippen LogP contribution < -0.4 is 5.73 Å². The van der Waals surface area contributed by atoms with Gasteiger partial charge in [0.05, 0.1) is 12.6 Å². The molecule has 8 heavy (non-hydrogen) atoms. The molecule has 0 radical (unpaired) electrons. The van der Waals surface area contributed by atoms with Crippen LogP contribution in [0.25, 0.3) is 0 Å². The van der Waals surface area contributed by atoms with E-state index >= 15 is 0 Å². The van der Waals surface area contributed by atoms with E-state index in [2.05, 4.69) is 4.99 Å². The predicted molar refractivity (Wildman–Crippen MR) is 30.4 cm³/mol. The molecule has 1 heterocycles. The fourth-order valence-electron chi connectivity index (χ4n) is 0.509. The van der Waals surface area contributed by atoms with E-state index in [9.17, 15) is 4.79 Å². The molecule has 42 valence electrons. The first-order chi connectivity index (χ1) is 3.79.